The Kier molecular flexibility index (Phi) is 4.98. The van der Waals surface area contributed by atoms with E-state index in [4.69, 9.17) is 0 Å². The van der Waals surface area contributed by atoms with Crippen molar-refractivity contribution < 1.29 is 17.6 Å². The summed E-state index contributed by atoms with van der Waals surface area (Å²) >= 11 is 0. The molecule has 0 radical (unpaired) electrons. The molecule has 0 saturated heterocycles. The van der Waals surface area contributed by atoms with Crippen molar-refractivity contribution in [3.63, 3.8) is 0 Å². The second-order valence-corrected chi connectivity index (χ2v) is 7.07. The molecule has 146 valence electrons. The van der Waals surface area contributed by atoms with Crippen molar-refractivity contribution in [1.82, 2.24) is 9.47 Å². The number of aromatic nitrogens is 1. The van der Waals surface area contributed by atoms with E-state index in [1.807, 2.05) is 18.3 Å². The van der Waals surface area contributed by atoms with E-state index in [-0.39, 0.29) is 11.9 Å². The van der Waals surface area contributed by atoms with Crippen molar-refractivity contribution in [3.05, 3.63) is 95.1 Å². The average Bonchev–Trinajstić information content (AvgIpc) is 3.04. The quantitative estimate of drug-likeness (QED) is 0.527. The molecule has 2 nitrogen and oxygen atoms in total. The summed E-state index contributed by atoms with van der Waals surface area (Å²) in [4.78, 5) is 2.06. The van der Waals surface area contributed by atoms with Gasteiger partial charge in [0.15, 0.2) is 0 Å². The van der Waals surface area contributed by atoms with Crippen LogP contribution in [0.3, 0.4) is 0 Å². The fourth-order valence-corrected chi connectivity index (χ4v) is 3.94. The fraction of sp³-hybridized carbons (Fsp3) is 0.273. The standard InChI is InChI=1S/C22H20F4N2/c23-19-9-2-1-8-18(19)21-20-10-4-11-27(20)12-5-13-28(21)15-16-6-3-7-17(14-16)22(24,25)26/h1-4,6-11,14,21H,5,12-13,15H2. The highest BCUT2D eigenvalue weighted by atomic mass is 19.4. The summed E-state index contributed by atoms with van der Waals surface area (Å²) in [6.07, 6.45) is -1.57. The summed E-state index contributed by atoms with van der Waals surface area (Å²) < 4.78 is 56.0. The summed E-state index contributed by atoms with van der Waals surface area (Å²) in [7, 11) is 0. The molecule has 0 fully saturated rings. The van der Waals surface area contributed by atoms with Crippen LogP contribution < -0.4 is 0 Å². The first-order valence-electron chi connectivity index (χ1n) is 9.23. The van der Waals surface area contributed by atoms with E-state index in [1.54, 1.807) is 24.3 Å². The van der Waals surface area contributed by atoms with Crippen LogP contribution in [0, 0.1) is 5.82 Å². The zero-order chi connectivity index (χ0) is 19.7. The van der Waals surface area contributed by atoms with Gasteiger partial charge in [0.05, 0.1) is 11.6 Å². The molecular weight excluding hydrogens is 368 g/mol. The maximum absolute atomic E-state index is 14.7. The van der Waals surface area contributed by atoms with Crippen LogP contribution in [-0.2, 0) is 19.3 Å². The first-order valence-corrected chi connectivity index (χ1v) is 9.23. The summed E-state index contributed by atoms with van der Waals surface area (Å²) in [6.45, 7) is 1.78. The molecule has 1 unspecified atom stereocenters. The van der Waals surface area contributed by atoms with Crippen LogP contribution in [0.4, 0.5) is 17.6 Å². The van der Waals surface area contributed by atoms with Crippen LogP contribution in [0.2, 0.25) is 0 Å². The number of nitrogens with zero attached hydrogens (tertiary/aromatic N) is 2. The number of benzene rings is 2. The molecule has 0 amide bonds. The SMILES string of the molecule is Fc1ccccc1C1c2cccn2CCCN1Cc1cccc(C(F)(F)F)c1. The van der Waals surface area contributed by atoms with Gasteiger partial charge in [-0.3, -0.25) is 4.90 Å². The van der Waals surface area contributed by atoms with Gasteiger partial charge in [0.25, 0.3) is 0 Å². The molecule has 3 aromatic rings. The number of halogens is 4. The van der Waals surface area contributed by atoms with Crippen LogP contribution >= 0.6 is 0 Å². The minimum atomic E-state index is -4.38. The molecule has 0 spiro atoms. The number of hydrogen-bond donors (Lipinski definition) is 0. The molecule has 2 heterocycles. The highest BCUT2D eigenvalue weighted by Gasteiger charge is 2.32. The molecule has 28 heavy (non-hydrogen) atoms. The molecular formula is C22H20F4N2. The van der Waals surface area contributed by atoms with E-state index in [0.717, 1.165) is 24.7 Å². The molecule has 0 bridgehead atoms. The Bertz CT molecular complexity index is 961. The number of fused-ring (bicyclic) bond motifs is 1. The zero-order valence-corrected chi connectivity index (χ0v) is 15.2. The molecule has 2 aromatic carbocycles. The lowest BCUT2D eigenvalue weighted by Gasteiger charge is -2.31. The van der Waals surface area contributed by atoms with Crippen molar-refractivity contribution in [2.75, 3.05) is 6.54 Å². The Hall–Kier alpha value is -2.60. The summed E-state index contributed by atoms with van der Waals surface area (Å²) in [5.41, 5.74) is 1.40. The van der Waals surface area contributed by atoms with Crippen LogP contribution in [0.15, 0.2) is 66.9 Å². The molecule has 6 heteroatoms. The second-order valence-electron chi connectivity index (χ2n) is 7.07. The topological polar surface area (TPSA) is 8.17 Å². The molecule has 1 atom stereocenters. The van der Waals surface area contributed by atoms with Gasteiger partial charge >= 0.3 is 6.18 Å². The van der Waals surface area contributed by atoms with Gasteiger partial charge in [0.2, 0.25) is 0 Å². The van der Waals surface area contributed by atoms with E-state index < -0.39 is 11.7 Å². The minimum Gasteiger partial charge on any atom is -0.350 e. The van der Waals surface area contributed by atoms with Gasteiger partial charge in [-0.25, -0.2) is 4.39 Å². The summed E-state index contributed by atoms with van der Waals surface area (Å²) in [5, 5.41) is 0. The average molecular weight is 388 g/mol. The van der Waals surface area contributed by atoms with Crippen molar-refractivity contribution in [1.29, 1.82) is 0 Å². The minimum absolute atomic E-state index is 0.309. The van der Waals surface area contributed by atoms with Crippen LogP contribution in [0.25, 0.3) is 0 Å². The van der Waals surface area contributed by atoms with Crippen LogP contribution in [-0.4, -0.2) is 16.0 Å². The van der Waals surface area contributed by atoms with E-state index in [2.05, 4.69) is 9.47 Å². The van der Waals surface area contributed by atoms with Gasteiger partial charge in [0.1, 0.15) is 5.82 Å². The summed E-state index contributed by atoms with van der Waals surface area (Å²) in [5.74, 6) is -0.309. The number of hydrogen-bond acceptors (Lipinski definition) is 1. The van der Waals surface area contributed by atoms with Crippen molar-refractivity contribution in [2.45, 2.75) is 31.7 Å². The molecule has 4 rings (SSSR count). The van der Waals surface area contributed by atoms with Gasteiger partial charge in [-0.05, 0) is 36.2 Å². The van der Waals surface area contributed by atoms with E-state index >= 15 is 0 Å². The normalized spacial score (nSPS) is 17.9. The molecule has 1 aliphatic rings. The maximum Gasteiger partial charge on any atom is 0.416 e. The van der Waals surface area contributed by atoms with Gasteiger partial charge < -0.3 is 4.57 Å². The Morgan fingerprint density at radius 1 is 0.929 bits per heavy atom. The highest BCUT2D eigenvalue weighted by molar-refractivity contribution is 5.32. The van der Waals surface area contributed by atoms with E-state index in [0.29, 0.717) is 24.2 Å². The van der Waals surface area contributed by atoms with Gasteiger partial charge in [-0.15, -0.1) is 0 Å². The molecule has 0 N–H and O–H groups in total. The van der Waals surface area contributed by atoms with Gasteiger partial charge in [-0.1, -0.05) is 36.4 Å². The molecule has 1 aliphatic heterocycles. The molecule has 1 aromatic heterocycles. The number of alkyl halides is 3. The fourth-order valence-electron chi connectivity index (χ4n) is 3.94. The predicted molar refractivity (Wildman–Crippen MR) is 99.1 cm³/mol. The van der Waals surface area contributed by atoms with Crippen molar-refractivity contribution in [3.8, 4) is 0 Å². The predicted octanol–water partition coefficient (Wildman–Crippen LogP) is 5.64. The van der Waals surface area contributed by atoms with E-state index in [1.165, 1.54) is 18.2 Å². The van der Waals surface area contributed by atoms with Crippen LogP contribution in [0.1, 0.15) is 34.8 Å². The van der Waals surface area contributed by atoms with Crippen molar-refractivity contribution >= 4 is 0 Å². The number of aryl methyl sites for hydroxylation is 1. The lowest BCUT2D eigenvalue weighted by molar-refractivity contribution is -0.137. The smallest absolute Gasteiger partial charge is 0.350 e. The maximum atomic E-state index is 14.7. The Morgan fingerprint density at radius 3 is 2.54 bits per heavy atom. The van der Waals surface area contributed by atoms with Crippen LogP contribution in [0.5, 0.6) is 0 Å². The Labute approximate surface area is 161 Å². The monoisotopic (exact) mass is 388 g/mol. The van der Waals surface area contributed by atoms with Crippen molar-refractivity contribution in [2.24, 2.45) is 0 Å². The van der Waals surface area contributed by atoms with E-state index in [9.17, 15) is 17.6 Å². The largest absolute Gasteiger partial charge is 0.416 e. The lowest BCUT2D eigenvalue weighted by Crippen LogP contribution is -2.30. The first kappa shape index (κ1) is 18.7. The lowest BCUT2D eigenvalue weighted by atomic mass is 10.00. The number of rotatable bonds is 3. The Balaban J connectivity index is 1.74. The highest BCUT2D eigenvalue weighted by Crippen LogP contribution is 2.35. The zero-order valence-electron chi connectivity index (χ0n) is 15.2. The molecule has 0 saturated carbocycles. The second kappa shape index (κ2) is 7.43. The third-order valence-corrected chi connectivity index (χ3v) is 5.19. The van der Waals surface area contributed by atoms with Gasteiger partial charge in [0, 0.05) is 37.1 Å². The third-order valence-electron chi connectivity index (χ3n) is 5.19. The first-order chi connectivity index (χ1) is 13.4. The van der Waals surface area contributed by atoms with Gasteiger partial charge in [-0.2, -0.15) is 13.2 Å². The Morgan fingerprint density at radius 2 is 1.75 bits per heavy atom. The molecule has 0 aliphatic carbocycles. The summed E-state index contributed by atoms with van der Waals surface area (Å²) in [6, 6.07) is 15.5. The third kappa shape index (κ3) is 3.69.